The molecule has 0 amide bonds. The van der Waals surface area contributed by atoms with Crippen LogP contribution in [0.1, 0.15) is 92.4 Å². The Hall–Kier alpha value is -2.43. The minimum atomic E-state index is -0.635. The average molecular weight is 532 g/mol. The Kier molecular flexibility index (Phi) is 9.39. The van der Waals surface area contributed by atoms with Crippen molar-refractivity contribution < 1.29 is 15.1 Å². The van der Waals surface area contributed by atoms with E-state index in [4.69, 9.17) is 4.84 Å². The fraction of sp³-hybridized carbons (Fsp3) is 0.571. The van der Waals surface area contributed by atoms with E-state index < -0.39 is 12.2 Å². The van der Waals surface area contributed by atoms with Crippen LogP contribution in [-0.2, 0) is 0 Å². The van der Waals surface area contributed by atoms with E-state index in [1.54, 1.807) is 5.57 Å². The topological polar surface area (TPSA) is 62.0 Å². The van der Waals surface area contributed by atoms with Crippen LogP contribution in [0.25, 0.3) is 0 Å². The number of fused-ring (bicyclic) bond motifs is 1. The number of aliphatic hydroxyl groups is 2. The van der Waals surface area contributed by atoms with Crippen LogP contribution in [0.4, 0.5) is 0 Å². The fourth-order valence-corrected chi connectivity index (χ4v) is 6.96. The second-order valence-corrected chi connectivity index (χ2v) is 13.3. The van der Waals surface area contributed by atoms with Crippen molar-refractivity contribution in [3.63, 3.8) is 0 Å². The number of allylic oxidation sites excluding steroid dienone is 5. The van der Waals surface area contributed by atoms with Crippen molar-refractivity contribution in [1.29, 1.82) is 0 Å². The van der Waals surface area contributed by atoms with Gasteiger partial charge in [0, 0.05) is 11.8 Å². The van der Waals surface area contributed by atoms with Gasteiger partial charge in [0.25, 0.3) is 0 Å². The van der Waals surface area contributed by atoms with Crippen LogP contribution in [0.2, 0.25) is 0 Å². The number of rotatable bonds is 8. The zero-order valence-corrected chi connectivity index (χ0v) is 24.7. The molecule has 0 unspecified atom stereocenters. The van der Waals surface area contributed by atoms with Crippen molar-refractivity contribution in [2.45, 2.75) is 105 Å². The lowest BCUT2D eigenvalue weighted by Gasteiger charge is -2.42. The van der Waals surface area contributed by atoms with E-state index in [1.165, 1.54) is 18.4 Å². The fourth-order valence-electron chi connectivity index (χ4n) is 6.96. The Labute approximate surface area is 236 Å². The lowest BCUT2D eigenvalue weighted by atomic mass is 9.62. The van der Waals surface area contributed by atoms with Crippen molar-refractivity contribution in [1.82, 2.24) is 0 Å². The minimum absolute atomic E-state index is 0.0327. The molecule has 3 aliphatic rings. The maximum atomic E-state index is 10.2. The molecule has 0 aliphatic heterocycles. The molecule has 212 valence electrons. The van der Waals surface area contributed by atoms with Crippen molar-refractivity contribution >= 4 is 5.71 Å². The van der Waals surface area contributed by atoms with Gasteiger partial charge >= 0.3 is 0 Å². The first-order valence-corrected chi connectivity index (χ1v) is 14.9. The Morgan fingerprint density at radius 2 is 1.95 bits per heavy atom. The van der Waals surface area contributed by atoms with Crippen LogP contribution < -0.4 is 4.84 Å². The van der Waals surface area contributed by atoms with Crippen LogP contribution in [-0.4, -0.2) is 28.1 Å². The molecule has 5 atom stereocenters. The van der Waals surface area contributed by atoms with E-state index in [2.05, 4.69) is 64.6 Å². The maximum absolute atomic E-state index is 10.2. The second-order valence-electron chi connectivity index (χ2n) is 13.3. The van der Waals surface area contributed by atoms with Crippen LogP contribution in [0.15, 0.2) is 82.6 Å². The van der Waals surface area contributed by atoms with Gasteiger partial charge in [0.1, 0.15) is 0 Å². The molecule has 2 saturated carbocycles. The number of benzene rings is 1. The largest absolute Gasteiger partial charge is 0.393 e. The van der Waals surface area contributed by atoms with Crippen molar-refractivity contribution in [2.24, 2.45) is 27.8 Å². The van der Waals surface area contributed by atoms with Crippen LogP contribution in [0.5, 0.6) is 5.75 Å². The normalized spacial score (nSPS) is 30.8. The number of hydrogen-bond acceptors (Lipinski definition) is 4. The molecule has 2 N–H and O–H groups in total. The summed E-state index contributed by atoms with van der Waals surface area (Å²) >= 11 is 0. The summed E-state index contributed by atoms with van der Waals surface area (Å²) in [6, 6.07) is 9.80. The lowest BCUT2D eigenvalue weighted by Crippen LogP contribution is -2.32. The molecule has 0 heterocycles. The van der Waals surface area contributed by atoms with Gasteiger partial charge in [-0.2, -0.15) is 0 Å². The number of aliphatic hydroxyl groups excluding tert-OH is 2. The maximum Gasteiger partial charge on any atom is 0.157 e. The summed E-state index contributed by atoms with van der Waals surface area (Å²) in [4.78, 5) is 5.77. The van der Waals surface area contributed by atoms with Crippen molar-refractivity contribution in [2.75, 3.05) is 0 Å². The molecule has 3 aliphatic carbocycles. The standard InChI is InChI=1S/C35H49NO3/c1-24(12-10-16-33(34(3,4)5)36-39-29-14-8-7-9-15-29)30-19-20-31-26(13-11-21-35(30,31)6)17-18-27-22-28(37)23-32(38)25(27)2/h7-9,14-15,17-19,24,28,31-32,37-38H,2,10-13,16,20-23H2,1,3-6H3/b26-17+,27-18-,36-33+/t24-,28-,31+,32+,35-/m1/s1. The molecule has 39 heavy (non-hydrogen) atoms. The van der Waals surface area contributed by atoms with Gasteiger partial charge in [-0.05, 0) is 91.9 Å². The van der Waals surface area contributed by atoms with Gasteiger partial charge in [0.05, 0.1) is 17.9 Å². The monoisotopic (exact) mass is 531 g/mol. The number of nitrogens with zero attached hydrogens (tertiary/aromatic N) is 1. The summed E-state index contributed by atoms with van der Waals surface area (Å²) in [7, 11) is 0. The zero-order valence-electron chi connectivity index (χ0n) is 24.7. The van der Waals surface area contributed by atoms with E-state index in [9.17, 15) is 10.2 Å². The molecule has 0 bridgehead atoms. The smallest absolute Gasteiger partial charge is 0.157 e. The Morgan fingerprint density at radius 1 is 1.21 bits per heavy atom. The summed E-state index contributed by atoms with van der Waals surface area (Å²) in [5.41, 5.74) is 6.19. The highest BCUT2D eigenvalue weighted by atomic mass is 16.6. The van der Waals surface area contributed by atoms with Gasteiger partial charge in [0.15, 0.2) is 5.75 Å². The molecular formula is C35H49NO3. The van der Waals surface area contributed by atoms with Gasteiger partial charge in [-0.25, -0.2) is 0 Å². The van der Waals surface area contributed by atoms with Gasteiger partial charge in [-0.3, -0.25) is 0 Å². The first kappa shape index (κ1) is 29.6. The van der Waals surface area contributed by atoms with Crippen LogP contribution in [0.3, 0.4) is 0 Å². The van der Waals surface area contributed by atoms with E-state index in [-0.39, 0.29) is 10.8 Å². The summed E-state index contributed by atoms with van der Waals surface area (Å²) in [5.74, 6) is 1.86. The van der Waals surface area contributed by atoms with E-state index >= 15 is 0 Å². The summed E-state index contributed by atoms with van der Waals surface area (Å²) in [5, 5.41) is 24.9. The molecule has 4 rings (SSSR count). The summed E-state index contributed by atoms with van der Waals surface area (Å²) in [6.45, 7) is 15.6. The Balaban J connectivity index is 1.39. The number of hydrogen-bond donors (Lipinski definition) is 2. The first-order chi connectivity index (χ1) is 18.5. The predicted octanol–water partition coefficient (Wildman–Crippen LogP) is 8.34. The number of para-hydroxylation sites is 1. The first-order valence-electron chi connectivity index (χ1n) is 14.9. The zero-order chi connectivity index (χ0) is 28.2. The van der Waals surface area contributed by atoms with Crippen LogP contribution in [0, 0.1) is 22.7 Å². The van der Waals surface area contributed by atoms with Gasteiger partial charge < -0.3 is 15.1 Å². The molecule has 0 saturated heterocycles. The van der Waals surface area contributed by atoms with Crippen LogP contribution >= 0.6 is 0 Å². The van der Waals surface area contributed by atoms with Gasteiger partial charge in [-0.15, -0.1) is 0 Å². The van der Waals surface area contributed by atoms with Gasteiger partial charge in [-0.1, -0.05) is 93.9 Å². The Bertz CT molecular complexity index is 1140. The molecule has 1 aromatic carbocycles. The van der Waals surface area contributed by atoms with E-state index in [1.807, 2.05) is 30.3 Å². The lowest BCUT2D eigenvalue weighted by molar-refractivity contribution is 0.0862. The quantitative estimate of drug-likeness (QED) is 0.201. The third kappa shape index (κ3) is 7.02. The molecule has 4 heteroatoms. The predicted molar refractivity (Wildman–Crippen MR) is 162 cm³/mol. The summed E-state index contributed by atoms with van der Waals surface area (Å²) in [6.07, 6.45) is 14.7. The van der Waals surface area contributed by atoms with E-state index in [0.717, 1.165) is 54.7 Å². The van der Waals surface area contributed by atoms with Crippen molar-refractivity contribution in [3.8, 4) is 5.75 Å². The highest BCUT2D eigenvalue weighted by molar-refractivity contribution is 5.88. The minimum Gasteiger partial charge on any atom is -0.393 e. The van der Waals surface area contributed by atoms with Gasteiger partial charge in [0.2, 0.25) is 0 Å². The SMILES string of the molecule is C=C1/C(=C\C=C2/CCC[C@]3(C)C([C@H](C)CCC/C(=N\Oc4ccccc4)C(C)(C)C)=CC[C@@H]23)C[C@@H](O)C[C@@H]1O. The highest BCUT2D eigenvalue weighted by Gasteiger charge is 2.45. The molecule has 4 nitrogen and oxygen atoms in total. The molecule has 0 spiro atoms. The summed E-state index contributed by atoms with van der Waals surface area (Å²) < 4.78 is 0. The van der Waals surface area contributed by atoms with Crippen molar-refractivity contribution in [3.05, 3.63) is 77.4 Å². The number of oxime groups is 1. The molecule has 1 aromatic rings. The third-order valence-corrected chi connectivity index (χ3v) is 9.33. The third-order valence-electron chi connectivity index (χ3n) is 9.33. The molecular weight excluding hydrogens is 482 g/mol. The second kappa shape index (κ2) is 12.4. The Morgan fingerprint density at radius 3 is 2.67 bits per heavy atom. The highest BCUT2D eigenvalue weighted by Crippen LogP contribution is 2.57. The molecule has 0 aromatic heterocycles. The van der Waals surface area contributed by atoms with E-state index in [0.29, 0.717) is 24.7 Å². The average Bonchev–Trinajstić information content (AvgIpc) is 3.24. The molecule has 2 fully saturated rings. The molecule has 0 radical (unpaired) electrons.